The van der Waals surface area contributed by atoms with Crippen LogP contribution in [0.3, 0.4) is 0 Å². The quantitative estimate of drug-likeness (QED) is 0.514. The van der Waals surface area contributed by atoms with Crippen LogP contribution in [0.15, 0.2) is 54.6 Å². The molecule has 0 fully saturated rings. The molecule has 0 radical (unpaired) electrons. The number of ether oxygens (including phenoxy) is 3. The van der Waals surface area contributed by atoms with Gasteiger partial charge < -0.3 is 19.1 Å². The van der Waals surface area contributed by atoms with Gasteiger partial charge in [0.15, 0.2) is 18.1 Å². The largest absolute Gasteiger partial charge is 0.493 e. The minimum Gasteiger partial charge on any atom is -0.493 e. The zero-order valence-corrected chi connectivity index (χ0v) is 16.5. The molecule has 2 rings (SSSR count). The molecule has 28 heavy (non-hydrogen) atoms. The smallest absolute Gasteiger partial charge is 0.331 e. The van der Waals surface area contributed by atoms with E-state index in [-0.39, 0.29) is 18.6 Å². The Labute approximate surface area is 165 Å². The number of methoxy groups -OCH3 is 2. The third kappa shape index (κ3) is 5.61. The molecule has 0 aromatic heterocycles. The van der Waals surface area contributed by atoms with Gasteiger partial charge in [0.1, 0.15) is 0 Å². The fourth-order valence-corrected chi connectivity index (χ4v) is 2.69. The molecule has 0 spiro atoms. The summed E-state index contributed by atoms with van der Waals surface area (Å²) in [6, 6.07) is 14.5. The molecular formula is C22H25NO5. The van der Waals surface area contributed by atoms with Crippen molar-refractivity contribution in [1.29, 1.82) is 0 Å². The van der Waals surface area contributed by atoms with Crippen LogP contribution >= 0.6 is 0 Å². The van der Waals surface area contributed by atoms with Crippen molar-refractivity contribution in [2.75, 3.05) is 25.7 Å². The highest BCUT2D eigenvalue weighted by Gasteiger charge is 2.19. The third-order valence-electron chi connectivity index (χ3n) is 3.98. The minimum atomic E-state index is -0.597. The number of hydrogen-bond acceptors (Lipinski definition) is 5. The molecule has 0 bridgehead atoms. The average Bonchev–Trinajstić information content (AvgIpc) is 2.71. The van der Waals surface area contributed by atoms with Crippen molar-refractivity contribution in [3.8, 4) is 11.5 Å². The summed E-state index contributed by atoms with van der Waals surface area (Å²) in [5.41, 5.74) is 1.51. The molecule has 0 saturated heterocycles. The van der Waals surface area contributed by atoms with E-state index in [1.54, 1.807) is 43.4 Å². The van der Waals surface area contributed by atoms with Gasteiger partial charge in [-0.25, -0.2) is 4.79 Å². The lowest BCUT2D eigenvalue weighted by molar-refractivity contribution is -0.143. The van der Waals surface area contributed by atoms with Gasteiger partial charge in [0, 0.05) is 17.8 Å². The maximum atomic E-state index is 12.5. The van der Waals surface area contributed by atoms with Crippen LogP contribution in [0.2, 0.25) is 0 Å². The van der Waals surface area contributed by atoms with Crippen LogP contribution in [0, 0.1) is 0 Å². The highest BCUT2D eigenvalue weighted by atomic mass is 16.5. The van der Waals surface area contributed by atoms with Gasteiger partial charge in [0.05, 0.1) is 14.2 Å². The van der Waals surface area contributed by atoms with E-state index in [9.17, 15) is 9.59 Å². The fourth-order valence-electron chi connectivity index (χ4n) is 2.69. The predicted octanol–water partition coefficient (Wildman–Crippen LogP) is 3.70. The SMILES string of the molecule is COc1ccc(/C=C/C(=O)OCC(=O)N(c2ccccc2)C(C)C)cc1OC. The Morgan fingerprint density at radius 1 is 1.00 bits per heavy atom. The molecule has 6 nitrogen and oxygen atoms in total. The molecule has 2 aromatic carbocycles. The van der Waals surface area contributed by atoms with Gasteiger partial charge in [0.25, 0.3) is 5.91 Å². The molecular weight excluding hydrogens is 358 g/mol. The normalized spacial score (nSPS) is 10.8. The summed E-state index contributed by atoms with van der Waals surface area (Å²) < 4.78 is 15.5. The molecule has 0 saturated carbocycles. The summed E-state index contributed by atoms with van der Waals surface area (Å²) in [7, 11) is 3.09. The van der Waals surface area contributed by atoms with Crippen LogP contribution in [-0.2, 0) is 14.3 Å². The number of esters is 1. The lowest BCUT2D eigenvalue weighted by atomic mass is 10.2. The Kier molecular flexibility index (Phi) is 7.63. The first-order valence-corrected chi connectivity index (χ1v) is 8.90. The van der Waals surface area contributed by atoms with Crippen LogP contribution in [0.5, 0.6) is 11.5 Å². The van der Waals surface area contributed by atoms with Crippen molar-refractivity contribution < 1.29 is 23.8 Å². The molecule has 0 heterocycles. The van der Waals surface area contributed by atoms with E-state index in [1.807, 2.05) is 44.2 Å². The standard InChI is InChI=1S/C22H25NO5/c1-16(2)23(18-8-6-5-7-9-18)21(24)15-28-22(25)13-11-17-10-12-19(26-3)20(14-17)27-4/h5-14,16H,15H2,1-4H3/b13-11+. The summed E-state index contributed by atoms with van der Waals surface area (Å²) in [4.78, 5) is 26.1. The van der Waals surface area contributed by atoms with E-state index < -0.39 is 5.97 Å². The summed E-state index contributed by atoms with van der Waals surface area (Å²) in [6.45, 7) is 3.48. The Balaban J connectivity index is 1.97. The van der Waals surface area contributed by atoms with Crippen LogP contribution < -0.4 is 14.4 Å². The summed E-state index contributed by atoms with van der Waals surface area (Å²) in [5, 5.41) is 0. The molecule has 1 amide bonds. The third-order valence-corrected chi connectivity index (χ3v) is 3.98. The van der Waals surface area contributed by atoms with Crippen molar-refractivity contribution in [2.45, 2.75) is 19.9 Å². The number of amides is 1. The number of rotatable bonds is 8. The molecule has 6 heteroatoms. The number of para-hydroxylation sites is 1. The van der Waals surface area contributed by atoms with Gasteiger partial charge in [-0.1, -0.05) is 24.3 Å². The molecule has 0 unspecified atom stereocenters. The molecule has 0 atom stereocenters. The van der Waals surface area contributed by atoms with Crippen molar-refractivity contribution in [1.82, 2.24) is 0 Å². The van der Waals surface area contributed by atoms with Crippen LogP contribution in [0.25, 0.3) is 6.08 Å². The second-order valence-corrected chi connectivity index (χ2v) is 6.25. The number of benzene rings is 2. The molecule has 2 aromatic rings. The van der Waals surface area contributed by atoms with E-state index in [1.165, 1.54) is 6.08 Å². The Morgan fingerprint density at radius 3 is 2.29 bits per heavy atom. The highest BCUT2D eigenvalue weighted by Crippen LogP contribution is 2.28. The van der Waals surface area contributed by atoms with E-state index in [4.69, 9.17) is 14.2 Å². The van der Waals surface area contributed by atoms with Crippen LogP contribution in [0.1, 0.15) is 19.4 Å². The number of anilines is 1. The second kappa shape index (κ2) is 10.2. The van der Waals surface area contributed by atoms with E-state index in [0.29, 0.717) is 11.5 Å². The van der Waals surface area contributed by atoms with Gasteiger partial charge in [-0.2, -0.15) is 0 Å². The Morgan fingerprint density at radius 2 is 1.68 bits per heavy atom. The number of carbonyl (C=O) groups is 2. The number of hydrogen-bond donors (Lipinski definition) is 0. The van der Waals surface area contributed by atoms with E-state index in [0.717, 1.165) is 11.3 Å². The average molecular weight is 383 g/mol. The van der Waals surface area contributed by atoms with Gasteiger partial charge in [-0.3, -0.25) is 4.79 Å². The number of carbonyl (C=O) groups excluding carboxylic acids is 2. The van der Waals surface area contributed by atoms with Gasteiger partial charge in [0.2, 0.25) is 0 Å². The van der Waals surface area contributed by atoms with Crippen molar-refractivity contribution in [3.63, 3.8) is 0 Å². The molecule has 0 aliphatic carbocycles. The van der Waals surface area contributed by atoms with E-state index in [2.05, 4.69) is 0 Å². The molecule has 0 N–H and O–H groups in total. The van der Waals surface area contributed by atoms with Crippen molar-refractivity contribution >= 4 is 23.6 Å². The summed E-state index contributed by atoms with van der Waals surface area (Å²) in [5.74, 6) is 0.278. The zero-order chi connectivity index (χ0) is 20.5. The monoisotopic (exact) mass is 383 g/mol. The van der Waals surface area contributed by atoms with Crippen molar-refractivity contribution in [3.05, 3.63) is 60.2 Å². The van der Waals surface area contributed by atoms with Gasteiger partial charge in [-0.05, 0) is 49.8 Å². The topological polar surface area (TPSA) is 65.1 Å². The lowest BCUT2D eigenvalue weighted by Crippen LogP contribution is -2.39. The summed E-state index contributed by atoms with van der Waals surface area (Å²) >= 11 is 0. The minimum absolute atomic E-state index is 0.0593. The van der Waals surface area contributed by atoms with Gasteiger partial charge in [-0.15, -0.1) is 0 Å². The Hall–Kier alpha value is -3.28. The van der Waals surface area contributed by atoms with Crippen molar-refractivity contribution in [2.24, 2.45) is 0 Å². The van der Waals surface area contributed by atoms with Crippen LogP contribution in [-0.4, -0.2) is 38.7 Å². The Bertz CT molecular complexity index is 830. The summed E-state index contributed by atoms with van der Waals surface area (Å²) in [6.07, 6.45) is 2.86. The van der Waals surface area contributed by atoms with Crippen LogP contribution in [0.4, 0.5) is 5.69 Å². The zero-order valence-electron chi connectivity index (χ0n) is 16.5. The maximum Gasteiger partial charge on any atom is 0.331 e. The first kappa shape index (κ1) is 21.0. The highest BCUT2D eigenvalue weighted by molar-refractivity contribution is 5.96. The lowest BCUT2D eigenvalue weighted by Gasteiger charge is -2.26. The van der Waals surface area contributed by atoms with Gasteiger partial charge >= 0.3 is 5.97 Å². The first-order valence-electron chi connectivity index (χ1n) is 8.90. The predicted molar refractivity (Wildman–Crippen MR) is 109 cm³/mol. The fraction of sp³-hybridized carbons (Fsp3) is 0.273. The maximum absolute atomic E-state index is 12.5. The molecule has 148 valence electrons. The first-order chi connectivity index (χ1) is 13.5. The molecule has 0 aliphatic rings. The molecule has 0 aliphatic heterocycles. The second-order valence-electron chi connectivity index (χ2n) is 6.25. The number of nitrogens with zero attached hydrogens (tertiary/aromatic N) is 1. The van der Waals surface area contributed by atoms with E-state index >= 15 is 0 Å².